The summed E-state index contributed by atoms with van der Waals surface area (Å²) < 4.78 is 7.35. The third kappa shape index (κ3) is 3.39. The molecule has 0 spiro atoms. The standard InChI is InChI=1S/C16H23N3O/c1-3-11-19-16(15(20-2)12-18-19)14(17)10-9-13-7-5-4-6-8-13/h4-8,12,14H,3,9-11,17H2,1-2H3. The monoisotopic (exact) mass is 273 g/mol. The van der Waals surface area contributed by atoms with Crippen molar-refractivity contribution in [1.29, 1.82) is 0 Å². The summed E-state index contributed by atoms with van der Waals surface area (Å²) in [5, 5.41) is 4.36. The van der Waals surface area contributed by atoms with Gasteiger partial charge in [0.1, 0.15) is 0 Å². The van der Waals surface area contributed by atoms with Gasteiger partial charge >= 0.3 is 0 Å². The maximum absolute atomic E-state index is 6.35. The summed E-state index contributed by atoms with van der Waals surface area (Å²) in [4.78, 5) is 0. The van der Waals surface area contributed by atoms with E-state index in [1.54, 1.807) is 13.3 Å². The van der Waals surface area contributed by atoms with Crippen molar-refractivity contribution in [2.45, 2.75) is 38.8 Å². The molecule has 0 aliphatic heterocycles. The molecule has 1 aromatic heterocycles. The van der Waals surface area contributed by atoms with Crippen LogP contribution >= 0.6 is 0 Å². The van der Waals surface area contributed by atoms with E-state index in [-0.39, 0.29) is 6.04 Å². The van der Waals surface area contributed by atoms with Gasteiger partial charge in [0.05, 0.1) is 25.0 Å². The maximum atomic E-state index is 6.35. The van der Waals surface area contributed by atoms with Crippen LogP contribution in [0.2, 0.25) is 0 Å². The first-order valence-electron chi connectivity index (χ1n) is 7.15. The highest BCUT2D eigenvalue weighted by Crippen LogP contribution is 2.26. The number of aromatic nitrogens is 2. The SMILES string of the molecule is CCCn1ncc(OC)c1C(N)CCc1ccccc1. The largest absolute Gasteiger partial charge is 0.493 e. The average Bonchev–Trinajstić information content (AvgIpc) is 2.89. The predicted molar refractivity (Wildman–Crippen MR) is 80.8 cm³/mol. The summed E-state index contributed by atoms with van der Waals surface area (Å²) in [7, 11) is 1.67. The van der Waals surface area contributed by atoms with Crippen LogP contribution in [0.4, 0.5) is 0 Å². The van der Waals surface area contributed by atoms with Gasteiger partial charge < -0.3 is 10.5 Å². The van der Waals surface area contributed by atoms with E-state index < -0.39 is 0 Å². The Labute approximate surface area is 120 Å². The lowest BCUT2D eigenvalue weighted by atomic mass is 10.0. The van der Waals surface area contributed by atoms with Crippen LogP contribution in [0.25, 0.3) is 0 Å². The number of nitrogens with two attached hydrogens (primary N) is 1. The van der Waals surface area contributed by atoms with E-state index >= 15 is 0 Å². The third-order valence-electron chi connectivity index (χ3n) is 3.44. The van der Waals surface area contributed by atoms with Gasteiger partial charge in [-0.1, -0.05) is 37.3 Å². The second-order valence-corrected chi connectivity index (χ2v) is 4.95. The normalized spacial score (nSPS) is 12.3. The smallest absolute Gasteiger partial charge is 0.161 e. The molecule has 1 heterocycles. The highest BCUT2D eigenvalue weighted by Gasteiger charge is 2.18. The molecule has 108 valence electrons. The summed E-state index contributed by atoms with van der Waals surface area (Å²) >= 11 is 0. The van der Waals surface area contributed by atoms with Crippen molar-refractivity contribution in [3.8, 4) is 5.75 Å². The number of rotatable bonds is 7. The maximum Gasteiger partial charge on any atom is 0.161 e. The van der Waals surface area contributed by atoms with Crippen LogP contribution in [-0.4, -0.2) is 16.9 Å². The number of aryl methyl sites for hydroxylation is 2. The number of nitrogens with zero attached hydrogens (tertiary/aromatic N) is 2. The summed E-state index contributed by atoms with van der Waals surface area (Å²) in [5.74, 6) is 0.791. The molecule has 20 heavy (non-hydrogen) atoms. The minimum atomic E-state index is -0.0563. The molecule has 2 aromatic rings. The van der Waals surface area contributed by atoms with Crippen molar-refractivity contribution in [2.75, 3.05) is 7.11 Å². The Kier molecular flexibility index (Phi) is 5.18. The Morgan fingerprint density at radius 1 is 1.30 bits per heavy atom. The van der Waals surface area contributed by atoms with E-state index in [2.05, 4.69) is 36.3 Å². The number of ether oxygens (including phenoxy) is 1. The van der Waals surface area contributed by atoms with Crippen LogP contribution in [0, 0.1) is 0 Å². The van der Waals surface area contributed by atoms with Gasteiger partial charge in [-0.2, -0.15) is 5.10 Å². The first-order valence-corrected chi connectivity index (χ1v) is 7.15. The molecule has 4 heteroatoms. The van der Waals surface area contributed by atoms with Crippen molar-refractivity contribution < 1.29 is 4.74 Å². The summed E-state index contributed by atoms with van der Waals surface area (Å²) in [6, 6.07) is 10.4. The Balaban J connectivity index is 2.08. The Hall–Kier alpha value is -1.81. The van der Waals surface area contributed by atoms with Crippen LogP contribution in [0.5, 0.6) is 5.75 Å². The Morgan fingerprint density at radius 3 is 2.70 bits per heavy atom. The first-order chi connectivity index (χ1) is 9.76. The molecule has 0 amide bonds. The molecule has 0 saturated heterocycles. The zero-order valence-corrected chi connectivity index (χ0v) is 12.2. The zero-order chi connectivity index (χ0) is 14.4. The van der Waals surface area contributed by atoms with Crippen LogP contribution < -0.4 is 10.5 Å². The van der Waals surface area contributed by atoms with Crippen LogP contribution in [-0.2, 0) is 13.0 Å². The molecule has 1 unspecified atom stereocenters. The molecule has 2 rings (SSSR count). The molecule has 0 aliphatic rings. The van der Waals surface area contributed by atoms with Crippen LogP contribution in [0.3, 0.4) is 0 Å². The summed E-state index contributed by atoms with van der Waals surface area (Å²) in [6.45, 7) is 3.01. The van der Waals surface area contributed by atoms with Gasteiger partial charge in [0.15, 0.2) is 5.75 Å². The van der Waals surface area contributed by atoms with Gasteiger partial charge in [-0.25, -0.2) is 0 Å². The highest BCUT2D eigenvalue weighted by molar-refractivity contribution is 5.28. The molecular weight excluding hydrogens is 250 g/mol. The fraction of sp³-hybridized carbons (Fsp3) is 0.438. The molecule has 0 fully saturated rings. The quantitative estimate of drug-likeness (QED) is 0.844. The number of hydrogen-bond acceptors (Lipinski definition) is 3. The van der Waals surface area contributed by atoms with Gasteiger partial charge in [0.25, 0.3) is 0 Å². The Morgan fingerprint density at radius 2 is 2.05 bits per heavy atom. The van der Waals surface area contributed by atoms with Gasteiger partial charge in [-0.05, 0) is 24.8 Å². The second kappa shape index (κ2) is 7.10. The van der Waals surface area contributed by atoms with Gasteiger partial charge in [0.2, 0.25) is 0 Å². The average molecular weight is 273 g/mol. The van der Waals surface area contributed by atoms with Gasteiger partial charge in [-0.3, -0.25) is 4.68 Å². The van der Waals surface area contributed by atoms with E-state index in [9.17, 15) is 0 Å². The number of benzene rings is 1. The van der Waals surface area contributed by atoms with E-state index in [0.717, 1.165) is 37.3 Å². The molecule has 1 aromatic carbocycles. The van der Waals surface area contributed by atoms with Crippen molar-refractivity contribution in [1.82, 2.24) is 9.78 Å². The molecule has 0 radical (unpaired) electrons. The van der Waals surface area contributed by atoms with E-state index in [4.69, 9.17) is 10.5 Å². The summed E-state index contributed by atoms with van der Waals surface area (Å²) in [6.07, 6.45) is 4.63. The molecule has 0 saturated carbocycles. The van der Waals surface area contributed by atoms with Crippen molar-refractivity contribution >= 4 is 0 Å². The molecule has 0 aliphatic carbocycles. The minimum Gasteiger partial charge on any atom is -0.493 e. The third-order valence-corrected chi connectivity index (χ3v) is 3.44. The van der Waals surface area contributed by atoms with Crippen LogP contribution in [0.15, 0.2) is 36.5 Å². The van der Waals surface area contributed by atoms with Crippen molar-refractivity contribution in [3.05, 3.63) is 47.8 Å². The van der Waals surface area contributed by atoms with E-state index in [1.165, 1.54) is 5.56 Å². The first kappa shape index (κ1) is 14.6. The fourth-order valence-electron chi connectivity index (χ4n) is 2.40. The zero-order valence-electron chi connectivity index (χ0n) is 12.2. The topological polar surface area (TPSA) is 53.1 Å². The van der Waals surface area contributed by atoms with Crippen molar-refractivity contribution in [3.63, 3.8) is 0 Å². The number of methoxy groups -OCH3 is 1. The molecule has 1 atom stereocenters. The molecule has 4 nitrogen and oxygen atoms in total. The fourth-order valence-corrected chi connectivity index (χ4v) is 2.40. The summed E-state index contributed by atoms with van der Waals surface area (Å²) in [5.41, 5.74) is 8.67. The van der Waals surface area contributed by atoms with Crippen molar-refractivity contribution in [2.24, 2.45) is 5.73 Å². The second-order valence-electron chi connectivity index (χ2n) is 4.95. The van der Waals surface area contributed by atoms with Gasteiger partial charge in [0, 0.05) is 6.54 Å². The Bertz CT molecular complexity index is 522. The van der Waals surface area contributed by atoms with E-state index in [0.29, 0.717) is 0 Å². The molecular formula is C16H23N3O. The minimum absolute atomic E-state index is 0.0563. The molecule has 2 N–H and O–H groups in total. The lowest BCUT2D eigenvalue weighted by Crippen LogP contribution is -2.18. The highest BCUT2D eigenvalue weighted by atomic mass is 16.5. The van der Waals surface area contributed by atoms with Gasteiger partial charge in [-0.15, -0.1) is 0 Å². The lowest BCUT2D eigenvalue weighted by molar-refractivity contribution is 0.398. The number of hydrogen-bond donors (Lipinski definition) is 1. The lowest BCUT2D eigenvalue weighted by Gasteiger charge is -2.15. The predicted octanol–water partition coefficient (Wildman–Crippen LogP) is 2.93. The van der Waals surface area contributed by atoms with E-state index in [1.807, 2.05) is 10.7 Å². The van der Waals surface area contributed by atoms with Crippen LogP contribution in [0.1, 0.15) is 37.1 Å². The molecule has 0 bridgehead atoms.